The fourth-order valence-corrected chi connectivity index (χ4v) is 0.256. The van der Waals surface area contributed by atoms with Crippen molar-refractivity contribution < 1.29 is 0 Å². The van der Waals surface area contributed by atoms with E-state index in [2.05, 4.69) is 17.1 Å². The molecule has 0 aromatic heterocycles. The lowest BCUT2D eigenvalue weighted by molar-refractivity contribution is 1.15. The van der Waals surface area contributed by atoms with Gasteiger partial charge in [0.05, 0.1) is 0 Å². The molecule has 0 radical (unpaired) electrons. The summed E-state index contributed by atoms with van der Waals surface area (Å²) in [5.74, 6) is 0. The molecule has 0 saturated heterocycles. The summed E-state index contributed by atoms with van der Waals surface area (Å²) in [6.07, 6.45) is 0.983. The molecule has 52 valence electrons. The summed E-state index contributed by atoms with van der Waals surface area (Å²) in [7, 11) is 0. The van der Waals surface area contributed by atoms with E-state index in [4.69, 9.17) is 0 Å². The van der Waals surface area contributed by atoms with Gasteiger partial charge in [-0.1, -0.05) is 6.92 Å². The Balaban J connectivity index is 3.83. The van der Waals surface area contributed by atoms with Gasteiger partial charge in [0.2, 0.25) is 0 Å². The maximum Gasteiger partial charge on any atom is 0.0372 e. The standard InChI is InChI=1S/C7H14N2/c1-5-7(4)9-8-6(2)3/h5H2,1-4H3. The topological polar surface area (TPSA) is 24.7 Å². The fraction of sp³-hybridized carbons (Fsp3) is 0.714. The Bertz CT molecular complexity index is 130. The van der Waals surface area contributed by atoms with E-state index >= 15 is 0 Å². The summed E-state index contributed by atoms with van der Waals surface area (Å²) in [5.41, 5.74) is 2.08. The van der Waals surface area contributed by atoms with Crippen LogP contribution in [0, 0.1) is 0 Å². The molecule has 0 bridgehead atoms. The van der Waals surface area contributed by atoms with Crippen molar-refractivity contribution in [1.29, 1.82) is 0 Å². The lowest BCUT2D eigenvalue weighted by atomic mass is 10.3. The SMILES string of the molecule is CCC(C)=NN=C(C)C. The molecular weight excluding hydrogens is 112 g/mol. The third kappa shape index (κ3) is 5.21. The Kier molecular flexibility index (Phi) is 3.93. The van der Waals surface area contributed by atoms with Crippen molar-refractivity contribution in [3.63, 3.8) is 0 Å². The summed E-state index contributed by atoms with van der Waals surface area (Å²) < 4.78 is 0. The Hall–Kier alpha value is -0.660. The van der Waals surface area contributed by atoms with Crippen LogP contribution in [0.15, 0.2) is 10.2 Å². The Morgan fingerprint density at radius 3 is 2.00 bits per heavy atom. The molecule has 2 nitrogen and oxygen atoms in total. The molecule has 0 amide bonds. The van der Waals surface area contributed by atoms with Crippen LogP contribution in [0.2, 0.25) is 0 Å². The van der Waals surface area contributed by atoms with Crippen LogP contribution in [-0.2, 0) is 0 Å². The van der Waals surface area contributed by atoms with Gasteiger partial charge in [-0.25, -0.2) is 0 Å². The molecule has 0 spiro atoms. The average Bonchev–Trinajstić information content (AvgIpc) is 1.83. The molecule has 2 heteroatoms. The van der Waals surface area contributed by atoms with Gasteiger partial charge in [0.25, 0.3) is 0 Å². The lowest BCUT2D eigenvalue weighted by Crippen LogP contribution is -1.86. The van der Waals surface area contributed by atoms with Gasteiger partial charge < -0.3 is 0 Å². The smallest absolute Gasteiger partial charge is 0.0372 e. The zero-order valence-corrected chi connectivity index (χ0v) is 6.60. The van der Waals surface area contributed by atoms with Gasteiger partial charge in [-0.15, -0.1) is 0 Å². The predicted molar refractivity (Wildman–Crippen MR) is 42.2 cm³/mol. The Labute approximate surface area is 56.7 Å². The van der Waals surface area contributed by atoms with Gasteiger partial charge in [0.1, 0.15) is 0 Å². The van der Waals surface area contributed by atoms with Crippen LogP contribution in [0.25, 0.3) is 0 Å². The van der Waals surface area contributed by atoms with Crippen LogP contribution in [-0.4, -0.2) is 11.4 Å². The van der Waals surface area contributed by atoms with E-state index in [1.54, 1.807) is 0 Å². The van der Waals surface area contributed by atoms with Crippen molar-refractivity contribution in [2.45, 2.75) is 34.1 Å². The summed E-state index contributed by atoms with van der Waals surface area (Å²) in [4.78, 5) is 0. The van der Waals surface area contributed by atoms with Crippen molar-refractivity contribution >= 4 is 11.4 Å². The molecule has 0 saturated carbocycles. The molecular formula is C7H14N2. The van der Waals surface area contributed by atoms with Crippen molar-refractivity contribution in [2.75, 3.05) is 0 Å². The maximum absolute atomic E-state index is 3.95. The third-order valence-electron chi connectivity index (χ3n) is 0.932. The molecule has 0 rings (SSSR count). The maximum atomic E-state index is 3.95. The van der Waals surface area contributed by atoms with E-state index in [9.17, 15) is 0 Å². The summed E-state index contributed by atoms with van der Waals surface area (Å²) >= 11 is 0. The molecule has 9 heavy (non-hydrogen) atoms. The molecule has 0 aromatic rings. The second-order valence-electron chi connectivity index (χ2n) is 2.24. The minimum absolute atomic E-state index is 0.983. The zero-order valence-electron chi connectivity index (χ0n) is 6.60. The highest BCUT2D eigenvalue weighted by Gasteiger charge is 1.81. The van der Waals surface area contributed by atoms with E-state index in [0.29, 0.717) is 0 Å². The summed E-state index contributed by atoms with van der Waals surface area (Å²) in [6, 6.07) is 0. The van der Waals surface area contributed by atoms with Gasteiger partial charge in [0.15, 0.2) is 0 Å². The van der Waals surface area contributed by atoms with E-state index in [1.165, 1.54) is 0 Å². The highest BCUT2D eigenvalue weighted by molar-refractivity contribution is 5.84. The van der Waals surface area contributed by atoms with Gasteiger partial charge >= 0.3 is 0 Å². The van der Waals surface area contributed by atoms with Crippen LogP contribution in [0.1, 0.15) is 34.1 Å². The van der Waals surface area contributed by atoms with Crippen molar-refractivity contribution in [3.8, 4) is 0 Å². The molecule has 0 unspecified atom stereocenters. The first-order chi connectivity index (χ1) is 4.16. The predicted octanol–water partition coefficient (Wildman–Crippen LogP) is 2.25. The van der Waals surface area contributed by atoms with E-state index in [1.807, 2.05) is 20.8 Å². The molecule has 0 aliphatic carbocycles. The van der Waals surface area contributed by atoms with Gasteiger partial charge in [-0.3, -0.25) is 0 Å². The van der Waals surface area contributed by atoms with E-state index in [0.717, 1.165) is 17.8 Å². The molecule has 0 aliphatic rings. The second-order valence-corrected chi connectivity index (χ2v) is 2.24. The Morgan fingerprint density at radius 1 is 1.11 bits per heavy atom. The molecule has 0 N–H and O–H groups in total. The van der Waals surface area contributed by atoms with Crippen molar-refractivity contribution in [2.24, 2.45) is 10.2 Å². The molecule has 0 heterocycles. The van der Waals surface area contributed by atoms with Gasteiger partial charge in [0, 0.05) is 11.4 Å². The van der Waals surface area contributed by atoms with Crippen LogP contribution in [0.5, 0.6) is 0 Å². The van der Waals surface area contributed by atoms with Crippen molar-refractivity contribution in [3.05, 3.63) is 0 Å². The lowest BCUT2D eigenvalue weighted by Gasteiger charge is -1.88. The average molecular weight is 126 g/mol. The van der Waals surface area contributed by atoms with Crippen LogP contribution < -0.4 is 0 Å². The normalized spacial score (nSPS) is 11.3. The minimum Gasteiger partial charge on any atom is -0.161 e. The minimum atomic E-state index is 0.983. The van der Waals surface area contributed by atoms with Crippen LogP contribution in [0.4, 0.5) is 0 Å². The number of nitrogens with zero attached hydrogens (tertiary/aromatic N) is 2. The quantitative estimate of drug-likeness (QED) is 0.400. The molecule has 0 fully saturated rings. The highest BCUT2D eigenvalue weighted by Crippen LogP contribution is 1.85. The Morgan fingerprint density at radius 2 is 1.67 bits per heavy atom. The molecule has 0 aliphatic heterocycles. The highest BCUT2D eigenvalue weighted by atomic mass is 15.2. The largest absolute Gasteiger partial charge is 0.161 e. The summed E-state index contributed by atoms with van der Waals surface area (Å²) in [5, 5.41) is 7.85. The molecule has 0 aromatic carbocycles. The number of rotatable bonds is 2. The number of hydrogen-bond acceptors (Lipinski definition) is 2. The number of hydrogen-bond donors (Lipinski definition) is 0. The van der Waals surface area contributed by atoms with E-state index in [-0.39, 0.29) is 0 Å². The first-order valence-corrected chi connectivity index (χ1v) is 3.21. The first-order valence-electron chi connectivity index (χ1n) is 3.21. The monoisotopic (exact) mass is 126 g/mol. The second kappa shape index (κ2) is 4.24. The van der Waals surface area contributed by atoms with Crippen LogP contribution >= 0.6 is 0 Å². The molecule has 0 atom stereocenters. The van der Waals surface area contributed by atoms with E-state index < -0.39 is 0 Å². The van der Waals surface area contributed by atoms with Gasteiger partial charge in [-0.2, -0.15) is 10.2 Å². The third-order valence-corrected chi connectivity index (χ3v) is 0.932. The fourth-order valence-electron chi connectivity index (χ4n) is 0.256. The van der Waals surface area contributed by atoms with Crippen molar-refractivity contribution in [1.82, 2.24) is 0 Å². The first kappa shape index (κ1) is 8.34. The van der Waals surface area contributed by atoms with Gasteiger partial charge in [-0.05, 0) is 27.2 Å². The summed E-state index contributed by atoms with van der Waals surface area (Å²) in [6.45, 7) is 7.92. The zero-order chi connectivity index (χ0) is 7.28. The van der Waals surface area contributed by atoms with Crippen LogP contribution in [0.3, 0.4) is 0 Å².